The number of carbonyl (C=O) groups is 1. The van der Waals surface area contributed by atoms with Gasteiger partial charge in [-0.15, -0.1) is 6.42 Å². The van der Waals surface area contributed by atoms with Gasteiger partial charge in [0.15, 0.2) is 0 Å². The molecule has 0 bridgehead atoms. The number of amides is 1. The standard InChI is InChI=1S/C6H7NO/c1-2-5-3-4-6(8)7-5/h1,5H,3-4H2,(H,7,8)/t5-/m1/s1. The Hall–Kier alpha value is -0.970. The Morgan fingerprint density at radius 1 is 1.88 bits per heavy atom. The van der Waals surface area contributed by atoms with Gasteiger partial charge < -0.3 is 5.32 Å². The topological polar surface area (TPSA) is 29.1 Å². The first-order valence-electron chi connectivity index (χ1n) is 2.58. The van der Waals surface area contributed by atoms with Crippen molar-refractivity contribution in [2.24, 2.45) is 0 Å². The van der Waals surface area contributed by atoms with E-state index in [0.29, 0.717) is 6.42 Å². The molecular formula is C6H7NO. The van der Waals surface area contributed by atoms with Crippen LogP contribution in [-0.4, -0.2) is 11.9 Å². The van der Waals surface area contributed by atoms with Gasteiger partial charge >= 0.3 is 0 Å². The molecule has 1 aliphatic rings. The fourth-order valence-electron chi connectivity index (χ4n) is 0.739. The van der Waals surface area contributed by atoms with Gasteiger partial charge in [-0.05, 0) is 6.42 Å². The zero-order valence-electron chi connectivity index (χ0n) is 4.48. The van der Waals surface area contributed by atoms with Crippen LogP contribution in [0.3, 0.4) is 0 Å². The molecule has 2 nitrogen and oxygen atoms in total. The molecule has 0 unspecified atom stereocenters. The van der Waals surface area contributed by atoms with Crippen LogP contribution in [0.4, 0.5) is 0 Å². The molecule has 1 rings (SSSR count). The summed E-state index contributed by atoms with van der Waals surface area (Å²) in [4.78, 5) is 10.4. The minimum atomic E-state index is 0.00231. The second-order valence-electron chi connectivity index (χ2n) is 1.83. The smallest absolute Gasteiger partial charge is 0.221 e. The third-order valence-electron chi connectivity index (χ3n) is 1.20. The normalized spacial score (nSPS) is 26.9. The first-order valence-corrected chi connectivity index (χ1v) is 2.58. The summed E-state index contributed by atoms with van der Waals surface area (Å²) >= 11 is 0. The molecule has 1 atom stereocenters. The van der Waals surface area contributed by atoms with Crippen LogP contribution in [0.1, 0.15) is 12.8 Å². The number of rotatable bonds is 0. The summed E-state index contributed by atoms with van der Waals surface area (Å²) in [5.74, 6) is 2.54. The van der Waals surface area contributed by atoms with Gasteiger partial charge in [0, 0.05) is 6.42 Å². The lowest BCUT2D eigenvalue weighted by Crippen LogP contribution is -2.23. The first kappa shape index (κ1) is 5.17. The lowest BCUT2D eigenvalue weighted by Gasteiger charge is -1.95. The summed E-state index contributed by atoms with van der Waals surface area (Å²) in [5, 5.41) is 2.63. The van der Waals surface area contributed by atoms with Crippen LogP contribution >= 0.6 is 0 Å². The van der Waals surface area contributed by atoms with Crippen LogP contribution in [-0.2, 0) is 4.79 Å². The average Bonchev–Trinajstić information content (AvgIpc) is 2.14. The van der Waals surface area contributed by atoms with E-state index >= 15 is 0 Å². The van der Waals surface area contributed by atoms with Crippen LogP contribution in [0.15, 0.2) is 0 Å². The lowest BCUT2D eigenvalue weighted by molar-refractivity contribution is -0.119. The third-order valence-corrected chi connectivity index (χ3v) is 1.20. The van der Waals surface area contributed by atoms with Crippen LogP contribution in [0, 0.1) is 12.3 Å². The zero-order valence-corrected chi connectivity index (χ0v) is 4.48. The van der Waals surface area contributed by atoms with E-state index in [2.05, 4.69) is 11.2 Å². The molecule has 0 aromatic carbocycles. The van der Waals surface area contributed by atoms with Crippen molar-refractivity contribution in [1.29, 1.82) is 0 Å². The highest BCUT2D eigenvalue weighted by molar-refractivity contribution is 5.79. The van der Waals surface area contributed by atoms with Crippen molar-refractivity contribution in [3.8, 4) is 12.3 Å². The van der Waals surface area contributed by atoms with Crippen LogP contribution in [0.25, 0.3) is 0 Å². The fraction of sp³-hybridized carbons (Fsp3) is 0.500. The third kappa shape index (κ3) is 0.812. The van der Waals surface area contributed by atoms with E-state index in [0.717, 1.165) is 6.42 Å². The first-order chi connectivity index (χ1) is 3.83. The molecule has 0 spiro atoms. The van der Waals surface area contributed by atoms with Crippen molar-refractivity contribution in [3.63, 3.8) is 0 Å². The zero-order chi connectivity index (χ0) is 5.98. The summed E-state index contributed by atoms with van der Waals surface area (Å²) in [6, 6.07) is 0.00231. The fourth-order valence-corrected chi connectivity index (χ4v) is 0.739. The molecule has 8 heavy (non-hydrogen) atoms. The maximum Gasteiger partial charge on any atom is 0.221 e. The molecule has 1 N–H and O–H groups in total. The van der Waals surface area contributed by atoms with Gasteiger partial charge in [-0.25, -0.2) is 0 Å². The molecule has 1 fully saturated rings. The highest BCUT2D eigenvalue weighted by atomic mass is 16.1. The quantitative estimate of drug-likeness (QED) is 0.432. The second kappa shape index (κ2) is 1.87. The average molecular weight is 109 g/mol. The SMILES string of the molecule is C#C[C@@H]1CCC(=O)N1. The molecular weight excluding hydrogens is 102 g/mol. The van der Waals surface area contributed by atoms with Crippen molar-refractivity contribution in [1.82, 2.24) is 5.32 Å². The molecule has 0 radical (unpaired) electrons. The van der Waals surface area contributed by atoms with Gasteiger partial charge in [-0.2, -0.15) is 0 Å². The minimum absolute atomic E-state index is 0.00231. The van der Waals surface area contributed by atoms with E-state index in [9.17, 15) is 4.79 Å². The Morgan fingerprint density at radius 3 is 2.88 bits per heavy atom. The van der Waals surface area contributed by atoms with Gasteiger partial charge in [0.2, 0.25) is 5.91 Å². The van der Waals surface area contributed by atoms with Gasteiger partial charge in [-0.1, -0.05) is 5.92 Å². The van der Waals surface area contributed by atoms with E-state index < -0.39 is 0 Å². The van der Waals surface area contributed by atoms with Crippen molar-refractivity contribution in [3.05, 3.63) is 0 Å². The predicted octanol–water partition coefficient (Wildman–Crippen LogP) is -0.102. The Bertz CT molecular complexity index is 145. The number of carbonyl (C=O) groups excluding carboxylic acids is 1. The van der Waals surface area contributed by atoms with Crippen molar-refractivity contribution in [2.45, 2.75) is 18.9 Å². The number of terminal acetylenes is 1. The van der Waals surface area contributed by atoms with E-state index in [1.165, 1.54) is 0 Å². The molecule has 0 aliphatic carbocycles. The molecule has 1 saturated heterocycles. The molecule has 2 heteroatoms. The summed E-state index contributed by atoms with van der Waals surface area (Å²) in [5.41, 5.74) is 0. The molecule has 0 aromatic heterocycles. The number of nitrogens with one attached hydrogen (secondary N) is 1. The van der Waals surface area contributed by atoms with E-state index in [4.69, 9.17) is 6.42 Å². The minimum Gasteiger partial charge on any atom is -0.342 e. The van der Waals surface area contributed by atoms with Gasteiger partial charge in [0.1, 0.15) is 0 Å². The van der Waals surface area contributed by atoms with E-state index in [-0.39, 0.29) is 11.9 Å². The molecule has 0 saturated carbocycles. The number of hydrogen-bond acceptors (Lipinski definition) is 1. The summed E-state index contributed by atoms with van der Waals surface area (Å²) < 4.78 is 0. The monoisotopic (exact) mass is 109 g/mol. The molecule has 42 valence electrons. The maximum atomic E-state index is 10.4. The molecule has 1 heterocycles. The Labute approximate surface area is 48.3 Å². The van der Waals surface area contributed by atoms with Gasteiger partial charge in [-0.3, -0.25) is 4.79 Å². The lowest BCUT2D eigenvalue weighted by atomic mass is 10.2. The maximum absolute atomic E-state index is 10.4. The predicted molar refractivity (Wildman–Crippen MR) is 30.0 cm³/mol. The molecule has 0 aromatic rings. The largest absolute Gasteiger partial charge is 0.342 e. The van der Waals surface area contributed by atoms with Crippen LogP contribution < -0.4 is 5.32 Å². The summed E-state index contributed by atoms with van der Waals surface area (Å²) in [7, 11) is 0. The highest BCUT2D eigenvalue weighted by Gasteiger charge is 2.17. The Kier molecular flexibility index (Phi) is 1.21. The second-order valence-corrected chi connectivity index (χ2v) is 1.83. The molecule has 1 amide bonds. The van der Waals surface area contributed by atoms with E-state index in [1.54, 1.807) is 0 Å². The van der Waals surface area contributed by atoms with Gasteiger partial charge in [0.05, 0.1) is 6.04 Å². The number of hydrogen-bond donors (Lipinski definition) is 1. The Balaban J connectivity index is 2.47. The summed E-state index contributed by atoms with van der Waals surface area (Å²) in [6.45, 7) is 0. The summed E-state index contributed by atoms with van der Waals surface area (Å²) in [6.07, 6.45) is 6.42. The van der Waals surface area contributed by atoms with Crippen LogP contribution in [0.5, 0.6) is 0 Å². The highest BCUT2D eigenvalue weighted by Crippen LogP contribution is 2.03. The Morgan fingerprint density at radius 2 is 2.62 bits per heavy atom. The van der Waals surface area contributed by atoms with Gasteiger partial charge in [0.25, 0.3) is 0 Å². The van der Waals surface area contributed by atoms with Crippen molar-refractivity contribution < 1.29 is 4.79 Å². The molecule has 1 aliphatic heterocycles. The van der Waals surface area contributed by atoms with Crippen molar-refractivity contribution in [2.75, 3.05) is 0 Å². The van der Waals surface area contributed by atoms with E-state index in [1.807, 2.05) is 0 Å². The van der Waals surface area contributed by atoms with Crippen LogP contribution in [0.2, 0.25) is 0 Å². The van der Waals surface area contributed by atoms with Crippen molar-refractivity contribution >= 4 is 5.91 Å².